The number of aliphatic hydroxyl groups is 1. The highest BCUT2D eigenvalue weighted by atomic mass is 16.4. The van der Waals surface area contributed by atoms with Gasteiger partial charge >= 0.3 is 5.97 Å². The predicted molar refractivity (Wildman–Crippen MR) is 76.4 cm³/mol. The van der Waals surface area contributed by atoms with Crippen molar-refractivity contribution < 1.29 is 19.8 Å². The minimum absolute atomic E-state index is 0.0401. The number of carboxylic acid groups (broad SMARTS) is 1. The molecule has 5 heteroatoms. The van der Waals surface area contributed by atoms with Gasteiger partial charge < -0.3 is 15.1 Å². The van der Waals surface area contributed by atoms with Gasteiger partial charge in [-0.25, -0.2) is 4.79 Å². The number of piperidine rings is 1. The molecule has 1 fully saturated rings. The van der Waals surface area contributed by atoms with E-state index in [2.05, 4.69) is 0 Å². The molecular weight excluding hydrogens is 258 g/mol. The van der Waals surface area contributed by atoms with Crippen molar-refractivity contribution in [3.8, 4) is 0 Å². The van der Waals surface area contributed by atoms with Crippen molar-refractivity contribution in [3.63, 3.8) is 0 Å². The Bertz CT molecular complexity index is 337. The van der Waals surface area contributed by atoms with E-state index in [1.165, 1.54) is 4.90 Å². The molecule has 1 aliphatic rings. The molecule has 1 rings (SSSR count). The van der Waals surface area contributed by atoms with Gasteiger partial charge in [-0.2, -0.15) is 0 Å². The van der Waals surface area contributed by atoms with Crippen molar-refractivity contribution in [1.82, 2.24) is 4.90 Å². The summed E-state index contributed by atoms with van der Waals surface area (Å²) in [5.74, 6) is -1.16. The number of carbonyl (C=O) groups excluding carboxylic acids is 1. The van der Waals surface area contributed by atoms with Crippen molar-refractivity contribution >= 4 is 11.9 Å². The lowest BCUT2D eigenvalue weighted by Crippen LogP contribution is -2.50. The molecule has 0 aromatic carbocycles. The van der Waals surface area contributed by atoms with E-state index < -0.39 is 17.6 Å². The highest BCUT2D eigenvalue weighted by Gasteiger charge is 2.36. The molecule has 1 amide bonds. The number of carboxylic acids is 1. The molecule has 5 nitrogen and oxygen atoms in total. The van der Waals surface area contributed by atoms with Gasteiger partial charge in [-0.05, 0) is 32.1 Å². The highest BCUT2D eigenvalue weighted by Crippen LogP contribution is 2.27. The first-order chi connectivity index (χ1) is 9.43. The number of amides is 1. The molecule has 0 unspecified atom stereocenters. The van der Waals surface area contributed by atoms with Crippen molar-refractivity contribution in [3.05, 3.63) is 0 Å². The molecule has 20 heavy (non-hydrogen) atoms. The zero-order chi connectivity index (χ0) is 15.2. The third-order valence-electron chi connectivity index (χ3n) is 4.02. The first-order valence-corrected chi connectivity index (χ1v) is 7.68. The Labute approximate surface area is 121 Å². The lowest BCUT2D eigenvalue weighted by atomic mass is 9.88. The van der Waals surface area contributed by atoms with E-state index >= 15 is 0 Å². The SMILES string of the molecule is CCCC(O)(CCC)CC(=O)N1CCCC[C@@H]1C(=O)O. The van der Waals surface area contributed by atoms with Gasteiger partial charge in [0.1, 0.15) is 6.04 Å². The maximum absolute atomic E-state index is 12.4. The molecule has 0 bridgehead atoms. The monoisotopic (exact) mass is 285 g/mol. The van der Waals surface area contributed by atoms with Crippen LogP contribution in [0.5, 0.6) is 0 Å². The topological polar surface area (TPSA) is 77.8 Å². The normalized spacial score (nSPS) is 19.9. The molecule has 1 aliphatic heterocycles. The van der Waals surface area contributed by atoms with Crippen LogP contribution >= 0.6 is 0 Å². The summed E-state index contributed by atoms with van der Waals surface area (Å²) in [5, 5.41) is 19.7. The minimum atomic E-state index is -0.985. The Kier molecular flexibility index (Phi) is 6.46. The van der Waals surface area contributed by atoms with Crippen LogP contribution in [-0.2, 0) is 9.59 Å². The van der Waals surface area contributed by atoms with Gasteiger partial charge in [-0.3, -0.25) is 4.79 Å². The number of carbonyl (C=O) groups is 2. The number of rotatable bonds is 7. The average Bonchev–Trinajstić information content (AvgIpc) is 2.38. The number of nitrogens with zero attached hydrogens (tertiary/aromatic N) is 1. The summed E-state index contributed by atoms with van der Waals surface area (Å²) in [6.45, 7) is 4.45. The lowest BCUT2D eigenvalue weighted by Gasteiger charge is -2.36. The fraction of sp³-hybridized carbons (Fsp3) is 0.867. The van der Waals surface area contributed by atoms with Gasteiger partial charge in [-0.1, -0.05) is 26.7 Å². The van der Waals surface area contributed by atoms with Crippen molar-refractivity contribution in [1.29, 1.82) is 0 Å². The van der Waals surface area contributed by atoms with Crippen LogP contribution in [0.1, 0.15) is 65.2 Å². The minimum Gasteiger partial charge on any atom is -0.480 e. The molecule has 116 valence electrons. The fourth-order valence-corrected chi connectivity index (χ4v) is 3.10. The third kappa shape index (κ3) is 4.47. The van der Waals surface area contributed by atoms with E-state index in [9.17, 15) is 19.8 Å². The molecule has 1 heterocycles. The van der Waals surface area contributed by atoms with Crippen LogP contribution in [-0.4, -0.2) is 45.2 Å². The summed E-state index contributed by atoms with van der Waals surface area (Å²) < 4.78 is 0. The van der Waals surface area contributed by atoms with E-state index in [-0.39, 0.29) is 12.3 Å². The zero-order valence-corrected chi connectivity index (χ0v) is 12.6. The van der Waals surface area contributed by atoms with Crippen LogP contribution in [0.4, 0.5) is 0 Å². The molecule has 0 aromatic rings. The summed E-state index contributed by atoms with van der Waals surface area (Å²) in [6.07, 6.45) is 5.03. The molecule has 0 saturated carbocycles. The van der Waals surface area contributed by atoms with Crippen LogP contribution in [0.25, 0.3) is 0 Å². The van der Waals surface area contributed by atoms with E-state index in [1.54, 1.807) is 0 Å². The second-order valence-electron chi connectivity index (χ2n) is 5.84. The van der Waals surface area contributed by atoms with Gasteiger partial charge in [0.2, 0.25) is 5.91 Å². The maximum Gasteiger partial charge on any atom is 0.326 e. The lowest BCUT2D eigenvalue weighted by molar-refractivity contribution is -0.154. The Balaban J connectivity index is 2.73. The smallest absolute Gasteiger partial charge is 0.326 e. The van der Waals surface area contributed by atoms with E-state index in [4.69, 9.17) is 0 Å². The Morgan fingerprint density at radius 2 is 1.80 bits per heavy atom. The quantitative estimate of drug-likeness (QED) is 0.751. The predicted octanol–water partition coefficient (Wildman–Crippen LogP) is 2.17. The largest absolute Gasteiger partial charge is 0.480 e. The molecule has 2 N–H and O–H groups in total. The van der Waals surface area contributed by atoms with Crippen molar-refractivity contribution in [2.45, 2.75) is 76.9 Å². The van der Waals surface area contributed by atoms with E-state index in [1.807, 2.05) is 13.8 Å². The molecular formula is C15H27NO4. The zero-order valence-electron chi connectivity index (χ0n) is 12.6. The number of aliphatic carboxylic acids is 1. The van der Waals surface area contributed by atoms with Crippen LogP contribution in [0.3, 0.4) is 0 Å². The van der Waals surface area contributed by atoms with Crippen molar-refractivity contribution in [2.24, 2.45) is 0 Å². The third-order valence-corrected chi connectivity index (χ3v) is 4.02. The molecule has 0 aliphatic carbocycles. The Morgan fingerprint density at radius 1 is 1.20 bits per heavy atom. The Morgan fingerprint density at radius 3 is 2.30 bits per heavy atom. The molecule has 0 radical (unpaired) electrons. The number of likely N-dealkylation sites (tertiary alicyclic amines) is 1. The van der Waals surface area contributed by atoms with Crippen LogP contribution in [0, 0.1) is 0 Å². The van der Waals surface area contributed by atoms with Gasteiger partial charge in [0.25, 0.3) is 0 Å². The van der Waals surface area contributed by atoms with E-state index in [0.717, 1.165) is 25.7 Å². The van der Waals surface area contributed by atoms with Crippen LogP contribution in [0.2, 0.25) is 0 Å². The maximum atomic E-state index is 12.4. The fourth-order valence-electron chi connectivity index (χ4n) is 3.10. The van der Waals surface area contributed by atoms with Crippen LogP contribution in [0.15, 0.2) is 0 Å². The first-order valence-electron chi connectivity index (χ1n) is 7.68. The second kappa shape index (κ2) is 7.62. The van der Waals surface area contributed by atoms with Gasteiger partial charge in [0, 0.05) is 6.54 Å². The molecule has 1 saturated heterocycles. The first kappa shape index (κ1) is 17.0. The molecule has 0 aromatic heterocycles. The van der Waals surface area contributed by atoms with Gasteiger partial charge in [-0.15, -0.1) is 0 Å². The summed E-state index contributed by atoms with van der Waals surface area (Å²) in [4.78, 5) is 25.1. The van der Waals surface area contributed by atoms with Crippen LogP contribution < -0.4 is 0 Å². The summed E-state index contributed by atoms with van der Waals surface area (Å²) in [6, 6.07) is -0.719. The summed E-state index contributed by atoms with van der Waals surface area (Å²) >= 11 is 0. The number of hydrogen-bond acceptors (Lipinski definition) is 3. The second-order valence-corrected chi connectivity index (χ2v) is 5.84. The van der Waals surface area contributed by atoms with Gasteiger partial charge in [0.15, 0.2) is 0 Å². The van der Waals surface area contributed by atoms with Gasteiger partial charge in [0.05, 0.1) is 12.0 Å². The standard InChI is InChI=1S/C15H27NO4/c1-3-8-15(20,9-4-2)11-13(17)16-10-6-5-7-12(16)14(18)19/h12,20H,3-11H2,1-2H3,(H,18,19)/t12-/m1/s1. The summed E-state index contributed by atoms with van der Waals surface area (Å²) in [5.41, 5.74) is -0.985. The highest BCUT2D eigenvalue weighted by molar-refractivity contribution is 5.84. The summed E-state index contributed by atoms with van der Waals surface area (Å²) in [7, 11) is 0. The molecule has 1 atom stereocenters. The van der Waals surface area contributed by atoms with Crippen molar-refractivity contribution in [2.75, 3.05) is 6.54 Å². The van der Waals surface area contributed by atoms with E-state index in [0.29, 0.717) is 25.8 Å². The average molecular weight is 285 g/mol. The molecule has 0 spiro atoms. The number of hydrogen-bond donors (Lipinski definition) is 2. The Hall–Kier alpha value is -1.10.